The van der Waals surface area contributed by atoms with Crippen LogP contribution in [0.3, 0.4) is 0 Å². The molecule has 0 bridgehead atoms. The Labute approximate surface area is 143 Å². The Morgan fingerprint density at radius 1 is 1.32 bits per heavy atom. The van der Waals surface area contributed by atoms with E-state index in [1.165, 1.54) is 0 Å². The number of hydrogen-bond acceptors (Lipinski definition) is 6. The third kappa shape index (κ3) is 3.02. The molecule has 1 aliphatic rings. The smallest absolute Gasteiger partial charge is 0.145 e. The van der Waals surface area contributed by atoms with Crippen LogP contribution < -0.4 is 10.1 Å². The Morgan fingerprint density at radius 3 is 3.08 bits per heavy atom. The Kier molecular flexibility index (Phi) is 4.01. The van der Waals surface area contributed by atoms with Crippen molar-refractivity contribution < 1.29 is 9.13 Å². The molecule has 128 valence electrons. The van der Waals surface area contributed by atoms with Gasteiger partial charge in [0.25, 0.3) is 0 Å². The van der Waals surface area contributed by atoms with Gasteiger partial charge < -0.3 is 10.1 Å². The standard InChI is InChI=1S/C17H17FN6O/c1-25-11-3-5-24-15(9-21-17(24)6-11)14-8-20-10-16(23-14)22-13-7-19-4-2-12(13)18/h3-6,8-10,12-13H,2,7H2,1H3,(H,22,23)/t12-,13-/m0/s1. The highest BCUT2D eigenvalue weighted by molar-refractivity contribution is 5.62. The molecule has 4 rings (SSSR count). The fourth-order valence-corrected chi connectivity index (χ4v) is 2.81. The summed E-state index contributed by atoms with van der Waals surface area (Å²) in [5, 5.41) is 3.09. The minimum atomic E-state index is -0.980. The van der Waals surface area contributed by atoms with Crippen molar-refractivity contribution in [3.05, 3.63) is 36.9 Å². The van der Waals surface area contributed by atoms with Gasteiger partial charge in [0, 0.05) is 24.9 Å². The lowest BCUT2D eigenvalue weighted by Gasteiger charge is -2.23. The number of halogens is 1. The van der Waals surface area contributed by atoms with Gasteiger partial charge in [-0.15, -0.1) is 0 Å². The second-order valence-corrected chi connectivity index (χ2v) is 5.78. The summed E-state index contributed by atoms with van der Waals surface area (Å²) in [4.78, 5) is 17.3. The second-order valence-electron chi connectivity index (χ2n) is 5.78. The molecule has 0 aliphatic carbocycles. The number of methoxy groups -OCH3 is 1. The maximum absolute atomic E-state index is 14.0. The zero-order valence-electron chi connectivity index (χ0n) is 13.6. The normalized spacial score (nSPS) is 19.9. The van der Waals surface area contributed by atoms with Crippen LogP contribution in [0.5, 0.6) is 5.75 Å². The minimum absolute atomic E-state index is 0.319. The van der Waals surface area contributed by atoms with Crippen molar-refractivity contribution in [3.8, 4) is 17.1 Å². The maximum atomic E-state index is 14.0. The molecular formula is C17H17FN6O. The summed E-state index contributed by atoms with van der Waals surface area (Å²) in [5.41, 5.74) is 2.20. The Balaban J connectivity index is 1.64. The molecule has 7 nitrogen and oxygen atoms in total. The van der Waals surface area contributed by atoms with Gasteiger partial charge in [-0.05, 0) is 6.07 Å². The second kappa shape index (κ2) is 6.46. The molecule has 0 radical (unpaired) electrons. The van der Waals surface area contributed by atoms with E-state index in [1.807, 2.05) is 22.7 Å². The molecule has 4 heterocycles. The molecule has 2 atom stereocenters. The largest absolute Gasteiger partial charge is 0.497 e. The molecule has 0 spiro atoms. The average Bonchev–Trinajstić information content (AvgIpc) is 3.07. The van der Waals surface area contributed by atoms with Gasteiger partial charge in [-0.25, -0.2) is 14.4 Å². The summed E-state index contributed by atoms with van der Waals surface area (Å²) >= 11 is 0. The predicted molar refractivity (Wildman–Crippen MR) is 93.1 cm³/mol. The van der Waals surface area contributed by atoms with Gasteiger partial charge in [0.05, 0.1) is 44.0 Å². The number of fused-ring (bicyclic) bond motifs is 1. The van der Waals surface area contributed by atoms with E-state index in [0.717, 1.165) is 17.1 Å². The van der Waals surface area contributed by atoms with Crippen molar-refractivity contribution in [2.75, 3.05) is 19.0 Å². The van der Waals surface area contributed by atoms with Crippen LogP contribution in [-0.4, -0.2) is 51.4 Å². The van der Waals surface area contributed by atoms with E-state index < -0.39 is 6.17 Å². The highest BCUT2D eigenvalue weighted by Crippen LogP contribution is 2.23. The predicted octanol–water partition coefficient (Wildman–Crippen LogP) is 2.39. The fourth-order valence-electron chi connectivity index (χ4n) is 2.81. The summed E-state index contributed by atoms with van der Waals surface area (Å²) in [6, 6.07) is 3.30. The maximum Gasteiger partial charge on any atom is 0.145 e. The lowest BCUT2D eigenvalue weighted by molar-refractivity contribution is 0.299. The van der Waals surface area contributed by atoms with Gasteiger partial charge in [0.1, 0.15) is 29.1 Å². The Morgan fingerprint density at radius 2 is 2.24 bits per heavy atom. The zero-order valence-corrected chi connectivity index (χ0v) is 13.6. The lowest BCUT2D eigenvalue weighted by atomic mass is 10.1. The Hall–Kier alpha value is -3.03. The Bertz CT molecular complexity index is 924. The van der Waals surface area contributed by atoms with Gasteiger partial charge in [-0.1, -0.05) is 0 Å². The van der Waals surface area contributed by atoms with Crippen molar-refractivity contribution >= 4 is 17.7 Å². The molecule has 0 saturated carbocycles. The molecule has 8 heteroatoms. The monoisotopic (exact) mass is 340 g/mol. The van der Waals surface area contributed by atoms with Crippen LogP contribution in [0, 0.1) is 0 Å². The van der Waals surface area contributed by atoms with Gasteiger partial charge in [0.15, 0.2) is 0 Å². The first-order valence-electron chi connectivity index (χ1n) is 7.97. The van der Waals surface area contributed by atoms with E-state index in [1.54, 1.807) is 31.9 Å². The third-order valence-electron chi connectivity index (χ3n) is 4.15. The van der Waals surface area contributed by atoms with Crippen LogP contribution in [0.2, 0.25) is 0 Å². The lowest BCUT2D eigenvalue weighted by Crippen LogP contribution is -2.36. The molecule has 0 amide bonds. The number of aliphatic imine (C=N–C) groups is 1. The average molecular weight is 340 g/mol. The zero-order chi connectivity index (χ0) is 17.2. The van der Waals surface area contributed by atoms with E-state index >= 15 is 0 Å². The highest BCUT2D eigenvalue weighted by atomic mass is 19.1. The first-order valence-corrected chi connectivity index (χ1v) is 7.97. The van der Waals surface area contributed by atoms with Crippen LogP contribution in [0.4, 0.5) is 10.2 Å². The molecule has 1 N–H and O–H groups in total. The molecule has 0 saturated heterocycles. The molecule has 25 heavy (non-hydrogen) atoms. The number of nitrogens with zero attached hydrogens (tertiary/aromatic N) is 5. The topological polar surface area (TPSA) is 76.7 Å². The number of hydrogen-bond donors (Lipinski definition) is 1. The van der Waals surface area contributed by atoms with E-state index in [9.17, 15) is 4.39 Å². The van der Waals surface area contributed by atoms with Gasteiger partial charge in [0.2, 0.25) is 0 Å². The van der Waals surface area contributed by atoms with Crippen LogP contribution in [0.25, 0.3) is 17.0 Å². The molecular weight excluding hydrogens is 323 g/mol. The van der Waals surface area contributed by atoms with Crippen LogP contribution >= 0.6 is 0 Å². The van der Waals surface area contributed by atoms with Gasteiger partial charge in [-0.2, -0.15) is 0 Å². The number of alkyl halides is 1. The fraction of sp³-hybridized carbons (Fsp3) is 0.294. The quantitative estimate of drug-likeness (QED) is 0.789. The molecule has 3 aromatic heterocycles. The van der Waals surface area contributed by atoms with E-state index in [4.69, 9.17) is 4.74 Å². The van der Waals surface area contributed by atoms with Gasteiger partial charge >= 0.3 is 0 Å². The van der Waals surface area contributed by atoms with E-state index in [2.05, 4.69) is 25.3 Å². The number of pyridine rings is 1. The van der Waals surface area contributed by atoms with Crippen LogP contribution in [0.1, 0.15) is 6.42 Å². The number of anilines is 1. The molecule has 0 fully saturated rings. The van der Waals surface area contributed by atoms with Crippen LogP contribution in [0.15, 0.2) is 41.9 Å². The van der Waals surface area contributed by atoms with E-state index in [0.29, 0.717) is 24.5 Å². The van der Waals surface area contributed by atoms with Crippen molar-refractivity contribution in [2.24, 2.45) is 4.99 Å². The first kappa shape index (κ1) is 15.5. The summed E-state index contributed by atoms with van der Waals surface area (Å²) in [5.74, 6) is 1.25. The minimum Gasteiger partial charge on any atom is -0.497 e. The highest BCUT2D eigenvalue weighted by Gasteiger charge is 2.23. The van der Waals surface area contributed by atoms with Crippen molar-refractivity contribution in [1.29, 1.82) is 0 Å². The van der Waals surface area contributed by atoms with Crippen LogP contribution in [-0.2, 0) is 0 Å². The van der Waals surface area contributed by atoms with Gasteiger partial charge in [-0.3, -0.25) is 14.4 Å². The number of imidazole rings is 1. The van der Waals surface area contributed by atoms with Crippen molar-refractivity contribution in [1.82, 2.24) is 19.4 Å². The van der Waals surface area contributed by atoms with Crippen molar-refractivity contribution in [2.45, 2.75) is 18.6 Å². The number of rotatable bonds is 4. The summed E-state index contributed by atoms with van der Waals surface area (Å²) < 4.78 is 21.1. The first-order chi connectivity index (χ1) is 12.2. The number of aromatic nitrogens is 4. The molecule has 0 unspecified atom stereocenters. The molecule has 0 aromatic carbocycles. The third-order valence-corrected chi connectivity index (χ3v) is 4.15. The summed E-state index contributed by atoms with van der Waals surface area (Å²) in [7, 11) is 1.61. The molecule has 3 aromatic rings. The number of nitrogens with one attached hydrogen (secondary N) is 1. The van der Waals surface area contributed by atoms with E-state index in [-0.39, 0.29) is 6.04 Å². The SMILES string of the molecule is COc1ccn2c(-c3cncc(N[C@H]4CN=CC[C@@H]4F)n3)cnc2c1. The molecule has 1 aliphatic heterocycles. The summed E-state index contributed by atoms with van der Waals surface area (Å²) in [6.07, 6.45) is 7.80. The van der Waals surface area contributed by atoms with Crippen molar-refractivity contribution in [3.63, 3.8) is 0 Å². The number of ether oxygens (including phenoxy) is 1. The summed E-state index contributed by atoms with van der Waals surface area (Å²) in [6.45, 7) is 0.391.